The lowest BCUT2D eigenvalue weighted by Gasteiger charge is -2.16. The van der Waals surface area contributed by atoms with Crippen LogP contribution in [0.4, 0.5) is 0 Å². The second-order valence-electron chi connectivity index (χ2n) is 3.93. The molecule has 1 fully saturated rings. The minimum Gasteiger partial charge on any atom is -0.392 e. The van der Waals surface area contributed by atoms with E-state index in [1.54, 1.807) is 0 Å². The van der Waals surface area contributed by atoms with Crippen LogP contribution in [0, 0.1) is 5.92 Å². The van der Waals surface area contributed by atoms with Crippen LogP contribution in [0.3, 0.4) is 0 Å². The van der Waals surface area contributed by atoms with E-state index in [4.69, 9.17) is 0 Å². The summed E-state index contributed by atoms with van der Waals surface area (Å²) in [4.78, 5) is 11.3. The highest BCUT2D eigenvalue weighted by atomic mass is 16.3. The Morgan fingerprint density at radius 3 is 2.71 bits per heavy atom. The molecule has 1 saturated carbocycles. The zero-order valence-corrected chi connectivity index (χ0v) is 8.92. The normalized spacial score (nSPS) is 20.2. The first-order valence-electron chi connectivity index (χ1n) is 5.34. The number of aliphatic hydroxyl groups excluding tert-OH is 1. The Balaban J connectivity index is 2.12. The molecule has 0 saturated heterocycles. The van der Waals surface area contributed by atoms with Crippen molar-refractivity contribution >= 4 is 5.91 Å². The van der Waals surface area contributed by atoms with Gasteiger partial charge in [0.2, 0.25) is 5.91 Å². The molecular formula is C10H20N2O2. The van der Waals surface area contributed by atoms with Gasteiger partial charge in [0.25, 0.3) is 0 Å². The number of amides is 1. The van der Waals surface area contributed by atoms with Crippen LogP contribution >= 0.6 is 0 Å². The molecule has 1 amide bonds. The van der Waals surface area contributed by atoms with Crippen molar-refractivity contribution in [3.05, 3.63) is 0 Å². The van der Waals surface area contributed by atoms with Gasteiger partial charge in [-0.05, 0) is 32.6 Å². The van der Waals surface area contributed by atoms with Crippen molar-refractivity contribution in [3.63, 3.8) is 0 Å². The maximum atomic E-state index is 11.3. The van der Waals surface area contributed by atoms with Gasteiger partial charge in [-0.25, -0.2) is 0 Å². The third-order valence-electron chi connectivity index (χ3n) is 2.54. The van der Waals surface area contributed by atoms with Gasteiger partial charge in [-0.3, -0.25) is 4.79 Å². The number of carbonyl (C=O) groups is 1. The summed E-state index contributed by atoms with van der Waals surface area (Å²) in [5.74, 6) is 0.458. The van der Waals surface area contributed by atoms with Gasteiger partial charge in [0.05, 0.1) is 12.1 Å². The molecule has 3 N–H and O–H groups in total. The first-order valence-corrected chi connectivity index (χ1v) is 5.34. The summed E-state index contributed by atoms with van der Waals surface area (Å²) < 4.78 is 0. The highest BCUT2D eigenvalue weighted by molar-refractivity contribution is 5.81. The predicted molar refractivity (Wildman–Crippen MR) is 54.9 cm³/mol. The van der Waals surface area contributed by atoms with E-state index in [2.05, 4.69) is 10.6 Å². The van der Waals surface area contributed by atoms with Crippen molar-refractivity contribution in [2.45, 2.75) is 38.8 Å². The molecule has 0 aromatic rings. The molecule has 0 aromatic heterocycles. The first-order chi connectivity index (χ1) is 6.65. The molecule has 0 radical (unpaired) electrons. The monoisotopic (exact) mass is 200 g/mol. The quantitative estimate of drug-likeness (QED) is 0.560. The van der Waals surface area contributed by atoms with Gasteiger partial charge < -0.3 is 15.7 Å². The summed E-state index contributed by atoms with van der Waals surface area (Å²) in [5.41, 5.74) is 0. The molecule has 2 unspecified atom stereocenters. The van der Waals surface area contributed by atoms with Crippen molar-refractivity contribution < 1.29 is 9.90 Å². The van der Waals surface area contributed by atoms with Crippen molar-refractivity contribution in [2.24, 2.45) is 5.92 Å². The van der Waals surface area contributed by atoms with Crippen molar-refractivity contribution in [3.8, 4) is 0 Å². The number of rotatable bonds is 6. The van der Waals surface area contributed by atoms with Gasteiger partial charge in [-0.2, -0.15) is 0 Å². The van der Waals surface area contributed by atoms with E-state index >= 15 is 0 Å². The second kappa shape index (κ2) is 5.32. The fourth-order valence-corrected chi connectivity index (χ4v) is 1.37. The van der Waals surface area contributed by atoms with Gasteiger partial charge in [0.15, 0.2) is 0 Å². The number of carbonyl (C=O) groups excluding carboxylic acids is 1. The second-order valence-corrected chi connectivity index (χ2v) is 3.93. The van der Waals surface area contributed by atoms with Crippen LogP contribution in [0.5, 0.6) is 0 Å². The van der Waals surface area contributed by atoms with Crippen LogP contribution in [0.25, 0.3) is 0 Å². The summed E-state index contributed by atoms with van der Waals surface area (Å²) in [6.07, 6.45) is 1.96. The SMILES string of the molecule is CCNC(=O)C(C)NCC(O)C1CC1. The lowest BCUT2D eigenvalue weighted by Crippen LogP contribution is -2.45. The summed E-state index contributed by atoms with van der Waals surface area (Å²) in [6, 6.07) is -0.219. The van der Waals surface area contributed by atoms with E-state index in [9.17, 15) is 9.90 Å². The molecule has 0 heterocycles. The van der Waals surface area contributed by atoms with E-state index in [1.807, 2.05) is 13.8 Å². The van der Waals surface area contributed by atoms with Crippen molar-refractivity contribution in [1.82, 2.24) is 10.6 Å². The van der Waals surface area contributed by atoms with Crippen LogP contribution in [0.1, 0.15) is 26.7 Å². The topological polar surface area (TPSA) is 61.4 Å². The number of hydrogen-bond acceptors (Lipinski definition) is 3. The van der Waals surface area contributed by atoms with Crippen LogP contribution in [-0.4, -0.2) is 36.2 Å². The standard InChI is InChI=1S/C10H20N2O2/c1-3-11-10(14)7(2)12-6-9(13)8-4-5-8/h7-9,12-13H,3-6H2,1-2H3,(H,11,14). The van der Waals surface area contributed by atoms with Gasteiger partial charge in [0, 0.05) is 13.1 Å². The molecular weight excluding hydrogens is 180 g/mol. The molecule has 0 bridgehead atoms. The summed E-state index contributed by atoms with van der Waals surface area (Å²) >= 11 is 0. The Kier molecular flexibility index (Phi) is 4.35. The minimum atomic E-state index is -0.285. The van der Waals surface area contributed by atoms with E-state index in [1.165, 1.54) is 0 Å². The number of aliphatic hydroxyl groups is 1. The van der Waals surface area contributed by atoms with Crippen LogP contribution in [-0.2, 0) is 4.79 Å². The molecule has 14 heavy (non-hydrogen) atoms. The molecule has 1 aliphatic rings. The molecule has 1 rings (SSSR count). The lowest BCUT2D eigenvalue weighted by atomic mass is 10.2. The molecule has 4 heteroatoms. The Morgan fingerprint density at radius 2 is 2.21 bits per heavy atom. The van der Waals surface area contributed by atoms with E-state index in [-0.39, 0.29) is 18.1 Å². The summed E-state index contributed by atoms with van der Waals surface area (Å²) in [6.45, 7) is 4.87. The Labute approximate surface area is 85.1 Å². The van der Waals surface area contributed by atoms with Gasteiger partial charge >= 0.3 is 0 Å². The maximum Gasteiger partial charge on any atom is 0.236 e. The fourth-order valence-electron chi connectivity index (χ4n) is 1.37. The van der Waals surface area contributed by atoms with E-state index < -0.39 is 0 Å². The summed E-state index contributed by atoms with van der Waals surface area (Å²) in [5, 5.41) is 15.3. The Morgan fingerprint density at radius 1 is 1.57 bits per heavy atom. The van der Waals surface area contributed by atoms with Crippen LogP contribution in [0.2, 0.25) is 0 Å². The average Bonchev–Trinajstić information content (AvgIpc) is 2.97. The van der Waals surface area contributed by atoms with E-state index in [0.29, 0.717) is 19.0 Å². The number of nitrogens with one attached hydrogen (secondary N) is 2. The first kappa shape index (κ1) is 11.5. The van der Waals surface area contributed by atoms with Gasteiger partial charge in [-0.1, -0.05) is 0 Å². The van der Waals surface area contributed by atoms with Crippen LogP contribution in [0.15, 0.2) is 0 Å². The maximum absolute atomic E-state index is 11.3. The molecule has 2 atom stereocenters. The lowest BCUT2D eigenvalue weighted by molar-refractivity contribution is -0.122. The third kappa shape index (κ3) is 3.64. The van der Waals surface area contributed by atoms with E-state index in [0.717, 1.165) is 12.8 Å². The minimum absolute atomic E-state index is 0.00417. The average molecular weight is 200 g/mol. The highest BCUT2D eigenvalue weighted by Gasteiger charge is 2.29. The smallest absolute Gasteiger partial charge is 0.236 e. The number of likely N-dealkylation sites (N-methyl/N-ethyl adjacent to an activating group) is 1. The molecule has 0 aliphatic heterocycles. The predicted octanol–water partition coefficient (Wildman–Crippen LogP) is -0.128. The van der Waals surface area contributed by atoms with Gasteiger partial charge in [-0.15, -0.1) is 0 Å². The molecule has 0 spiro atoms. The Hall–Kier alpha value is -0.610. The molecule has 1 aliphatic carbocycles. The number of hydrogen-bond donors (Lipinski definition) is 3. The fraction of sp³-hybridized carbons (Fsp3) is 0.900. The summed E-state index contributed by atoms with van der Waals surface area (Å²) in [7, 11) is 0. The Bertz CT molecular complexity index is 193. The van der Waals surface area contributed by atoms with Crippen molar-refractivity contribution in [1.29, 1.82) is 0 Å². The van der Waals surface area contributed by atoms with Crippen LogP contribution < -0.4 is 10.6 Å². The largest absolute Gasteiger partial charge is 0.392 e. The zero-order valence-electron chi connectivity index (χ0n) is 8.92. The van der Waals surface area contributed by atoms with Crippen molar-refractivity contribution in [2.75, 3.05) is 13.1 Å². The highest BCUT2D eigenvalue weighted by Crippen LogP contribution is 2.32. The molecule has 82 valence electrons. The third-order valence-corrected chi connectivity index (χ3v) is 2.54. The molecule has 4 nitrogen and oxygen atoms in total. The van der Waals surface area contributed by atoms with Gasteiger partial charge in [0.1, 0.15) is 0 Å². The zero-order chi connectivity index (χ0) is 10.6. The molecule has 0 aromatic carbocycles.